The Labute approximate surface area is 109 Å². The first kappa shape index (κ1) is 14.7. The number of thioether (sulfide) groups is 1. The number of carbonyl (C=O) groups is 4. The van der Waals surface area contributed by atoms with Crippen LogP contribution in [-0.2, 0) is 19.2 Å². The van der Waals surface area contributed by atoms with Crippen LogP contribution < -0.4 is 0 Å². The van der Waals surface area contributed by atoms with Crippen LogP contribution in [0.25, 0.3) is 0 Å². The standard InChI is InChI=1S/C11H15NO5S/c1-7(13)3-2-4-12-9(14)5-8(11(12)17)18-6-10(15)16/h8H,2-6H2,1H3,(H,15,16). The number of hydrogen-bond donors (Lipinski definition) is 1. The second kappa shape index (κ2) is 6.53. The number of imide groups is 1. The second-order valence-corrected chi connectivity index (χ2v) is 5.28. The van der Waals surface area contributed by atoms with Crippen LogP contribution in [0.2, 0.25) is 0 Å². The normalized spacial score (nSPS) is 19.4. The van der Waals surface area contributed by atoms with Crippen LogP contribution in [0, 0.1) is 0 Å². The monoisotopic (exact) mass is 273 g/mol. The number of likely N-dealkylation sites (tertiary alicyclic amines) is 1. The Morgan fingerprint density at radius 2 is 2.11 bits per heavy atom. The summed E-state index contributed by atoms with van der Waals surface area (Å²) < 4.78 is 0. The molecule has 1 aliphatic heterocycles. The summed E-state index contributed by atoms with van der Waals surface area (Å²) in [5.41, 5.74) is 0. The number of rotatable bonds is 7. The van der Waals surface area contributed by atoms with Gasteiger partial charge in [-0.15, -0.1) is 11.8 Å². The Hall–Kier alpha value is -1.37. The van der Waals surface area contributed by atoms with Crippen LogP contribution in [0.5, 0.6) is 0 Å². The van der Waals surface area contributed by atoms with Crippen LogP contribution in [-0.4, -0.2) is 51.1 Å². The summed E-state index contributed by atoms with van der Waals surface area (Å²) in [6.07, 6.45) is 0.851. The molecule has 0 aromatic carbocycles. The van der Waals surface area contributed by atoms with Crippen molar-refractivity contribution >= 4 is 35.3 Å². The maximum absolute atomic E-state index is 11.8. The highest BCUT2D eigenvalue weighted by atomic mass is 32.2. The fourth-order valence-corrected chi connectivity index (χ4v) is 2.55. The van der Waals surface area contributed by atoms with Gasteiger partial charge in [-0.2, -0.15) is 0 Å². The van der Waals surface area contributed by atoms with E-state index in [0.29, 0.717) is 12.8 Å². The number of carboxylic acid groups (broad SMARTS) is 1. The summed E-state index contributed by atoms with van der Waals surface area (Å²) in [6, 6.07) is 0. The van der Waals surface area contributed by atoms with E-state index >= 15 is 0 Å². The summed E-state index contributed by atoms with van der Waals surface area (Å²) in [7, 11) is 0. The minimum absolute atomic E-state index is 0.0193. The second-order valence-electron chi connectivity index (χ2n) is 4.09. The van der Waals surface area contributed by atoms with Gasteiger partial charge >= 0.3 is 5.97 Å². The molecule has 1 heterocycles. The first-order valence-electron chi connectivity index (χ1n) is 5.59. The molecule has 7 heteroatoms. The molecule has 0 aliphatic carbocycles. The molecule has 1 unspecified atom stereocenters. The highest BCUT2D eigenvalue weighted by Gasteiger charge is 2.38. The number of carboxylic acids is 1. The van der Waals surface area contributed by atoms with Crippen molar-refractivity contribution in [2.75, 3.05) is 12.3 Å². The van der Waals surface area contributed by atoms with Gasteiger partial charge in [-0.3, -0.25) is 19.3 Å². The number of Topliss-reactive ketones (excluding diaryl/α,β-unsaturated/α-hetero) is 1. The van der Waals surface area contributed by atoms with E-state index < -0.39 is 11.2 Å². The topological polar surface area (TPSA) is 91.8 Å². The zero-order valence-corrected chi connectivity index (χ0v) is 10.9. The quantitative estimate of drug-likeness (QED) is 0.671. The lowest BCUT2D eigenvalue weighted by molar-refractivity contribution is -0.138. The van der Waals surface area contributed by atoms with Crippen molar-refractivity contribution < 1.29 is 24.3 Å². The maximum atomic E-state index is 11.8. The Morgan fingerprint density at radius 1 is 1.44 bits per heavy atom. The van der Waals surface area contributed by atoms with Crippen molar-refractivity contribution in [1.82, 2.24) is 4.90 Å². The number of amides is 2. The van der Waals surface area contributed by atoms with Gasteiger partial charge in [0.05, 0.1) is 11.0 Å². The van der Waals surface area contributed by atoms with E-state index in [0.717, 1.165) is 16.7 Å². The fraction of sp³-hybridized carbons (Fsp3) is 0.636. The number of nitrogens with zero attached hydrogens (tertiary/aromatic N) is 1. The number of carbonyl (C=O) groups excluding carboxylic acids is 3. The van der Waals surface area contributed by atoms with Crippen molar-refractivity contribution in [3.63, 3.8) is 0 Å². The number of aliphatic carboxylic acids is 1. The third kappa shape index (κ3) is 4.14. The van der Waals surface area contributed by atoms with E-state index in [1.807, 2.05) is 0 Å². The average Bonchev–Trinajstić information content (AvgIpc) is 2.53. The van der Waals surface area contributed by atoms with Crippen molar-refractivity contribution in [3.8, 4) is 0 Å². The molecule has 1 atom stereocenters. The van der Waals surface area contributed by atoms with Crippen molar-refractivity contribution in [3.05, 3.63) is 0 Å². The van der Waals surface area contributed by atoms with Gasteiger partial charge in [-0.05, 0) is 13.3 Å². The lowest BCUT2D eigenvalue weighted by Crippen LogP contribution is -2.32. The molecule has 0 spiro atoms. The summed E-state index contributed by atoms with van der Waals surface area (Å²) in [6.45, 7) is 1.69. The lowest BCUT2D eigenvalue weighted by Gasteiger charge is -2.13. The summed E-state index contributed by atoms with van der Waals surface area (Å²) in [5.74, 6) is -1.80. The van der Waals surface area contributed by atoms with Gasteiger partial charge in [0.1, 0.15) is 5.78 Å². The minimum atomic E-state index is -1.00. The van der Waals surface area contributed by atoms with E-state index in [9.17, 15) is 19.2 Å². The molecule has 0 radical (unpaired) electrons. The molecular formula is C11H15NO5S. The molecule has 100 valence electrons. The van der Waals surface area contributed by atoms with E-state index in [1.165, 1.54) is 6.92 Å². The molecule has 6 nitrogen and oxygen atoms in total. The molecule has 18 heavy (non-hydrogen) atoms. The van der Waals surface area contributed by atoms with Crippen LogP contribution in [0.4, 0.5) is 0 Å². The molecule has 1 N–H and O–H groups in total. The van der Waals surface area contributed by atoms with Gasteiger partial charge in [0.2, 0.25) is 11.8 Å². The van der Waals surface area contributed by atoms with Crippen LogP contribution in [0.15, 0.2) is 0 Å². The molecule has 2 amide bonds. The Kier molecular flexibility index (Phi) is 5.33. The van der Waals surface area contributed by atoms with Crippen LogP contribution in [0.1, 0.15) is 26.2 Å². The number of ketones is 1. The van der Waals surface area contributed by atoms with Crippen LogP contribution >= 0.6 is 11.8 Å². The van der Waals surface area contributed by atoms with Crippen molar-refractivity contribution in [2.24, 2.45) is 0 Å². The highest BCUT2D eigenvalue weighted by Crippen LogP contribution is 2.25. The van der Waals surface area contributed by atoms with Gasteiger partial charge in [0.15, 0.2) is 0 Å². The van der Waals surface area contributed by atoms with Gasteiger partial charge < -0.3 is 9.90 Å². The first-order chi connectivity index (χ1) is 8.41. The zero-order valence-electron chi connectivity index (χ0n) is 10.0. The Morgan fingerprint density at radius 3 is 2.67 bits per heavy atom. The summed E-state index contributed by atoms with van der Waals surface area (Å²) >= 11 is 0.969. The van der Waals surface area contributed by atoms with Crippen molar-refractivity contribution in [2.45, 2.75) is 31.4 Å². The highest BCUT2D eigenvalue weighted by molar-refractivity contribution is 8.01. The van der Waals surface area contributed by atoms with Gasteiger partial charge in [-0.25, -0.2) is 0 Å². The van der Waals surface area contributed by atoms with E-state index in [2.05, 4.69) is 0 Å². The van der Waals surface area contributed by atoms with Gasteiger partial charge in [0.25, 0.3) is 0 Å². The average molecular weight is 273 g/mol. The molecule has 0 saturated carbocycles. The molecule has 1 fully saturated rings. The van der Waals surface area contributed by atoms with Crippen LogP contribution in [0.3, 0.4) is 0 Å². The van der Waals surface area contributed by atoms with E-state index in [-0.39, 0.29) is 36.3 Å². The SMILES string of the molecule is CC(=O)CCCN1C(=O)CC(SCC(=O)O)C1=O. The summed E-state index contributed by atoms with van der Waals surface area (Å²) in [5, 5.41) is 7.93. The smallest absolute Gasteiger partial charge is 0.313 e. The van der Waals surface area contributed by atoms with E-state index in [4.69, 9.17) is 5.11 Å². The fourth-order valence-electron chi connectivity index (χ4n) is 1.68. The summed E-state index contributed by atoms with van der Waals surface area (Å²) in [4.78, 5) is 45.7. The van der Waals surface area contributed by atoms with Gasteiger partial charge in [0, 0.05) is 19.4 Å². The zero-order chi connectivity index (χ0) is 13.7. The molecule has 1 saturated heterocycles. The molecule has 1 rings (SSSR count). The molecule has 0 aromatic heterocycles. The predicted molar refractivity (Wildman–Crippen MR) is 65.1 cm³/mol. The van der Waals surface area contributed by atoms with Crippen molar-refractivity contribution in [1.29, 1.82) is 0 Å². The Balaban J connectivity index is 2.45. The molecular weight excluding hydrogens is 258 g/mol. The maximum Gasteiger partial charge on any atom is 0.313 e. The number of hydrogen-bond acceptors (Lipinski definition) is 5. The molecule has 1 aliphatic rings. The third-order valence-corrected chi connectivity index (χ3v) is 3.71. The largest absolute Gasteiger partial charge is 0.481 e. The lowest BCUT2D eigenvalue weighted by atomic mass is 10.2. The Bertz CT molecular complexity index is 382. The first-order valence-corrected chi connectivity index (χ1v) is 6.63. The third-order valence-electron chi connectivity index (χ3n) is 2.52. The molecule has 0 aromatic rings. The van der Waals surface area contributed by atoms with Gasteiger partial charge in [-0.1, -0.05) is 0 Å². The predicted octanol–water partition coefficient (Wildman–Crippen LogP) is 0.301. The van der Waals surface area contributed by atoms with E-state index in [1.54, 1.807) is 0 Å². The minimum Gasteiger partial charge on any atom is -0.481 e. The molecule has 0 bridgehead atoms.